The van der Waals surface area contributed by atoms with Crippen molar-refractivity contribution in [2.75, 3.05) is 26.1 Å². The Bertz CT molecular complexity index is 1170. The van der Waals surface area contributed by atoms with Gasteiger partial charge in [0, 0.05) is 12.1 Å². The number of ether oxygens (including phenoxy) is 2. The third kappa shape index (κ3) is 4.21. The highest BCUT2D eigenvalue weighted by Gasteiger charge is 2.52. The molecule has 1 aliphatic carbocycles. The Morgan fingerprint density at radius 1 is 1.00 bits per heavy atom. The summed E-state index contributed by atoms with van der Waals surface area (Å²) in [6.07, 6.45) is 1.44. The lowest BCUT2D eigenvalue weighted by atomic mass is 9.78. The fraction of sp³-hybridized carbons (Fsp3) is 0.292. The highest BCUT2D eigenvalue weighted by atomic mass is 16.5. The molecule has 4 rings (SSSR count). The fourth-order valence-electron chi connectivity index (χ4n) is 4.36. The van der Waals surface area contributed by atoms with E-state index in [0.29, 0.717) is 19.3 Å². The second-order valence-electron chi connectivity index (χ2n) is 8.18. The van der Waals surface area contributed by atoms with Crippen LogP contribution >= 0.6 is 0 Å². The Morgan fingerprint density at radius 3 is 2.24 bits per heavy atom. The van der Waals surface area contributed by atoms with Crippen LogP contribution in [0.5, 0.6) is 0 Å². The van der Waals surface area contributed by atoms with E-state index in [1.807, 2.05) is 24.3 Å². The van der Waals surface area contributed by atoms with Crippen LogP contribution in [0.4, 0.5) is 10.5 Å². The van der Waals surface area contributed by atoms with Crippen molar-refractivity contribution in [3.8, 4) is 0 Å². The predicted octanol–water partition coefficient (Wildman–Crippen LogP) is 1.68. The van der Waals surface area contributed by atoms with Crippen molar-refractivity contribution in [2.24, 2.45) is 0 Å². The van der Waals surface area contributed by atoms with Gasteiger partial charge in [-0.05, 0) is 42.2 Å². The first kappa shape index (κ1) is 23.0. The molecule has 176 valence electrons. The molecule has 2 aromatic carbocycles. The molecule has 10 heteroatoms. The number of hydrogen-bond donors (Lipinski definition) is 2. The summed E-state index contributed by atoms with van der Waals surface area (Å²) in [4.78, 5) is 63.3. The van der Waals surface area contributed by atoms with E-state index in [9.17, 15) is 24.0 Å². The number of carbonyl (C=O) groups excluding carboxylic acids is 5. The number of fused-ring (bicyclic) bond motifs is 1. The molecule has 2 N–H and O–H groups in total. The molecule has 1 spiro atoms. The summed E-state index contributed by atoms with van der Waals surface area (Å²) in [6.45, 7) is -0.524. The molecular weight excluding hydrogens is 442 g/mol. The van der Waals surface area contributed by atoms with Gasteiger partial charge in [0.05, 0.1) is 25.3 Å². The molecule has 0 aromatic heterocycles. The quantitative estimate of drug-likeness (QED) is 0.507. The molecule has 1 aliphatic heterocycles. The smallest absolute Gasteiger partial charge is 0.337 e. The Hall–Kier alpha value is -4.21. The number of imide groups is 1. The Labute approximate surface area is 195 Å². The number of carbonyl (C=O) groups is 5. The van der Waals surface area contributed by atoms with Crippen molar-refractivity contribution in [1.29, 1.82) is 0 Å². The molecule has 1 fully saturated rings. The van der Waals surface area contributed by atoms with Gasteiger partial charge in [-0.1, -0.05) is 24.3 Å². The van der Waals surface area contributed by atoms with E-state index in [1.54, 1.807) is 0 Å². The summed E-state index contributed by atoms with van der Waals surface area (Å²) >= 11 is 0. The van der Waals surface area contributed by atoms with Crippen LogP contribution in [0.25, 0.3) is 0 Å². The number of methoxy groups -OCH3 is 2. The van der Waals surface area contributed by atoms with Gasteiger partial charge in [0.2, 0.25) is 5.91 Å². The minimum atomic E-state index is -1.07. The second kappa shape index (κ2) is 8.97. The minimum absolute atomic E-state index is 0.0236. The van der Waals surface area contributed by atoms with Gasteiger partial charge >= 0.3 is 18.0 Å². The summed E-state index contributed by atoms with van der Waals surface area (Å²) in [5.74, 6) is -2.56. The molecule has 34 heavy (non-hydrogen) atoms. The molecule has 1 saturated heterocycles. The lowest BCUT2D eigenvalue weighted by Crippen LogP contribution is -2.51. The maximum absolute atomic E-state index is 13.2. The first-order chi connectivity index (χ1) is 16.3. The number of urea groups is 1. The zero-order valence-corrected chi connectivity index (χ0v) is 18.7. The van der Waals surface area contributed by atoms with E-state index in [0.717, 1.165) is 16.0 Å². The van der Waals surface area contributed by atoms with Crippen LogP contribution in [0.1, 0.15) is 38.3 Å². The number of nitrogens with zero attached hydrogens (tertiary/aromatic N) is 1. The molecule has 1 unspecified atom stereocenters. The van der Waals surface area contributed by atoms with Crippen LogP contribution in [-0.4, -0.2) is 61.0 Å². The van der Waals surface area contributed by atoms with Crippen molar-refractivity contribution in [2.45, 2.75) is 24.8 Å². The molecule has 1 atom stereocenters. The van der Waals surface area contributed by atoms with E-state index in [2.05, 4.69) is 20.1 Å². The zero-order valence-electron chi connectivity index (χ0n) is 18.7. The Balaban J connectivity index is 1.50. The van der Waals surface area contributed by atoms with Gasteiger partial charge in [-0.15, -0.1) is 0 Å². The molecule has 0 radical (unpaired) electrons. The van der Waals surface area contributed by atoms with Crippen LogP contribution in [0.3, 0.4) is 0 Å². The number of anilines is 1. The summed E-state index contributed by atoms with van der Waals surface area (Å²) in [6, 6.07) is 11.0. The molecule has 1 heterocycles. The van der Waals surface area contributed by atoms with Gasteiger partial charge in [0.1, 0.15) is 12.1 Å². The van der Waals surface area contributed by atoms with Crippen molar-refractivity contribution >= 4 is 35.5 Å². The minimum Gasteiger partial charge on any atom is -0.465 e. The van der Waals surface area contributed by atoms with Gasteiger partial charge in [-0.3, -0.25) is 14.5 Å². The predicted molar refractivity (Wildman–Crippen MR) is 119 cm³/mol. The average Bonchev–Trinajstić information content (AvgIpc) is 3.06. The van der Waals surface area contributed by atoms with Gasteiger partial charge in [-0.2, -0.15) is 0 Å². The van der Waals surface area contributed by atoms with E-state index < -0.39 is 41.9 Å². The highest BCUT2D eigenvalue weighted by Crippen LogP contribution is 2.33. The largest absolute Gasteiger partial charge is 0.465 e. The standard InChI is InChI=1S/C24H23N3O7/c1-33-20(29)16-9-17(21(30)34-2)11-18(10-16)25-19(28)13-27-22(31)24(26-23(27)32)8-7-14-5-3-4-6-15(14)12-24/h3-6,9-11H,7-8,12-13H2,1-2H3,(H,25,28)(H,26,32). The van der Waals surface area contributed by atoms with Crippen molar-refractivity contribution in [1.82, 2.24) is 10.2 Å². The van der Waals surface area contributed by atoms with Crippen LogP contribution in [0.2, 0.25) is 0 Å². The molecule has 2 aromatic rings. The molecular formula is C24H23N3O7. The van der Waals surface area contributed by atoms with Crippen LogP contribution in [0, 0.1) is 0 Å². The molecule has 0 saturated carbocycles. The number of benzene rings is 2. The van der Waals surface area contributed by atoms with E-state index in [-0.39, 0.29) is 16.8 Å². The number of aryl methyl sites for hydroxylation is 1. The third-order valence-corrected chi connectivity index (χ3v) is 6.04. The number of nitrogens with one attached hydrogen (secondary N) is 2. The van der Waals surface area contributed by atoms with Crippen molar-refractivity contribution in [3.05, 3.63) is 64.7 Å². The lowest BCUT2D eigenvalue weighted by Gasteiger charge is -2.32. The zero-order chi connectivity index (χ0) is 24.5. The lowest BCUT2D eigenvalue weighted by molar-refractivity contribution is -0.134. The van der Waals surface area contributed by atoms with E-state index in [4.69, 9.17) is 0 Å². The monoisotopic (exact) mass is 465 g/mol. The first-order valence-electron chi connectivity index (χ1n) is 10.6. The van der Waals surface area contributed by atoms with E-state index in [1.165, 1.54) is 32.4 Å². The molecule has 2 aliphatic rings. The summed E-state index contributed by atoms with van der Waals surface area (Å²) in [5, 5.41) is 5.30. The van der Waals surface area contributed by atoms with Gasteiger partial charge < -0.3 is 20.1 Å². The average molecular weight is 465 g/mol. The molecule has 4 amide bonds. The maximum atomic E-state index is 13.2. The number of amides is 4. The van der Waals surface area contributed by atoms with Crippen molar-refractivity contribution in [3.63, 3.8) is 0 Å². The number of rotatable bonds is 5. The summed E-state index contributed by atoms with van der Waals surface area (Å²) < 4.78 is 9.36. The first-order valence-corrected chi connectivity index (χ1v) is 10.6. The Morgan fingerprint density at radius 2 is 1.62 bits per heavy atom. The fourth-order valence-corrected chi connectivity index (χ4v) is 4.36. The van der Waals surface area contributed by atoms with E-state index >= 15 is 0 Å². The van der Waals surface area contributed by atoms with Crippen molar-refractivity contribution < 1.29 is 33.4 Å². The SMILES string of the molecule is COC(=O)c1cc(NC(=O)CN2C(=O)NC3(CCc4ccccc4C3)C2=O)cc(C(=O)OC)c1. The van der Waals surface area contributed by atoms with Gasteiger partial charge in [-0.25, -0.2) is 14.4 Å². The number of hydrogen-bond acceptors (Lipinski definition) is 7. The Kier molecular flexibility index (Phi) is 6.06. The third-order valence-electron chi connectivity index (χ3n) is 6.04. The normalized spacial score (nSPS) is 18.8. The second-order valence-corrected chi connectivity index (χ2v) is 8.18. The van der Waals surface area contributed by atoms with Crippen LogP contribution in [-0.2, 0) is 31.9 Å². The van der Waals surface area contributed by atoms with Gasteiger partial charge in [0.25, 0.3) is 5.91 Å². The van der Waals surface area contributed by atoms with Crippen LogP contribution < -0.4 is 10.6 Å². The summed E-state index contributed by atoms with van der Waals surface area (Å²) in [5.41, 5.74) is 1.21. The number of esters is 2. The molecule has 10 nitrogen and oxygen atoms in total. The highest BCUT2D eigenvalue weighted by molar-refractivity contribution is 6.10. The van der Waals surface area contributed by atoms with Crippen LogP contribution in [0.15, 0.2) is 42.5 Å². The maximum Gasteiger partial charge on any atom is 0.337 e. The summed E-state index contributed by atoms with van der Waals surface area (Å²) in [7, 11) is 2.37. The van der Waals surface area contributed by atoms with Gasteiger partial charge in [0.15, 0.2) is 0 Å². The topological polar surface area (TPSA) is 131 Å². The molecule has 0 bridgehead atoms.